The molecule has 7 heteroatoms. The number of carboxylic acid groups (broad SMARTS) is 1. The molecule has 0 atom stereocenters. The second-order valence-electron chi connectivity index (χ2n) is 7.45. The summed E-state index contributed by atoms with van der Waals surface area (Å²) < 4.78 is 3.92. The summed E-state index contributed by atoms with van der Waals surface area (Å²) in [6, 6.07) is 3.76. The molecule has 0 aromatic carbocycles. The number of aliphatic carboxylic acids is 1. The highest BCUT2D eigenvalue weighted by atomic mass is 16.4. The number of carbonyl (C=O) groups is 2. The lowest BCUT2D eigenvalue weighted by atomic mass is 10.1. The Hall–Kier alpha value is -2.57. The largest absolute Gasteiger partial charge is 0.481 e. The smallest absolute Gasteiger partial charge is 0.303 e. The molecule has 2 aromatic rings. The Kier molecular flexibility index (Phi) is 4.41. The van der Waals surface area contributed by atoms with E-state index >= 15 is 0 Å². The van der Waals surface area contributed by atoms with Crippen LogP contribution in [0.15, 0.2) is 24.5 Å². The highest BCUT2D eigenvalue weighted by Crippen LogP contribution is 2.20. The summed E-state index contributed by atoms with van der Waals surface area (Å²) >= 11 is 0. The van der Waals surface area contributed by atoms with Gasteiger partial charge in [-0.25, -0.2) is 0 Å². The first-order chi connectivity index (χ1) is 11.7. The standard InChI is InChI=1S/C18H24N4O3/c1-18(2,3)21-7-6-13(11-21)17(25)20-8-9-22-15(12-20)10-14(19-22)4-5-16(23)24/h6-7,10-11H,4-5,8-9,12H2,1-3H3,(H,23,24). The van der Waals surface area contributed by atoms with E-state index in [4.69, 9.17) is 5.11 Å². The van der Waals surface area contributed by atoms with Crippen molar-refractivity contribution in [1.29, 1.82) is 0 Å². The number of hydrogen-bond donors (Lipinski definition) is 1. The van der Waals surface area contributed by atoms with Crippen LogP contribution in [0.4, 0.5) is 0 Å². The van der Waals surface area contributed by atoms with Crippen LogP contribution in [0.5, 0.6) is 0 Å². The monoisotopic (exact) mass is 344 g/mol. The molecule has 0 unspecified atom stereocenters. The molecular weight excluding hydrogens is 320 g/mol. The summed E-state index contributed by atoms with van der Waals surface area (Å²) in [7, 11) is 0. The number of hydrogen-bond acceptors (Lipinski definition) is 3. The van der Waals surface area contributed by atoms with Crippen molar-refractivity contribution in [1.82, 2.24) is 19.2 Å². The van der Waals surface area contributed by atoms with Gasteiger partial charge in [0.15, 0.2) is 0 Å². The maximum Gasteiger partial charge on any atom is 0.303 e. The van der Waals surface area contributed by atoms with Crippen LogP contribution >= 0.6 is 0 Å². The normalized spacial score (nSPS) is 14.4. The molecule has 0 spiro atoms. The van der Waals surface area contributed by atoms with Crippen LogP contribution in [0, 0.1) is 0 Å². The van der Waals surface area contributed by atoms with Gasteiger partial charge in [0.2, 0.25) is 0 Å². The third-order valence-electron chi connectivity index (χ3n) is 4.45. The Labute approximate surface area is 146 Å². The van der Waals surface area contributed by atoms with Crippen LogP contribution in [-0.2, 0) is 29.8 Å². The molecule has 134 valence electrons. The predicted molar refractivity (Wildman–Crippen MR) is 92.4 cm³/mol. The zero-order valence-electron chi connectivity index (χ0n) is 14.9. The van der Waals surface area contributed by atoms with Crippen LogP contribution in [0.25, 0.3) is 0 Å². The molecule has 1 aliphatic rings. The summed E-state index contributed by atoms with van der Waals surface area (Å²) in [5.41, 5.74) is 2.35. The van der Waals surface area contributed by atoms with Gasteiger partial charge in [-0.15, -0.1) is 0 Å². The second kappa shape index (κ2) is 6.38. The molecule has 2 aromatic heterocycles. The van der Waals surface area contributed by atoms with Gasteiger partial charge in [0.1, 0.15) is 0 Å². The fourth-order valence-electron chi connectivity index (χ4n) is 2.98. The van der Waals surface area contributed by atoms with E-state index in [2.05, 4.69) is 25.9 Å². The summed E-state index contributed by atoms with van der Waals surface area (Å²) in [6.45, 7) is 8.03. The number of amides is 1. The summed E-state index contributed by atoms with van der Waals surface area (Å²) in [4.78, 5) is 25.3. The summed E-state index contributed by atoms with van der Waals surface area (Å²) in [5, 5.41) is 13.2. The zero-order valence-corrected chi connectivity index (χ0v) is 14.9. The fourth-order valence-corrected chi connectivity index (χ4v) is 2.98. The van der Waals surface area contributed by atoms with Gasteiger partial charge in [-0.2, -0.15) is 5.10 Å². The highest BCUT2D eigenvalue weighted by Gasteiger charge is 2.24. The number of nitrogens with zero attached hydrogens (tertiary/aromatic N) is 4. The minimum absolute atomic E-state index is 0.0162. The molecule has 0 saturated carbocycles. The number of carbonyl (C=O) groups excluding carboxylic acids is 1. The molecule has 0 bridgehead atoms. The van der Waals surface area contributed by atoms with Crippen molar-refractivity contribution >= 4 is 11.9 Å². The van der Waals surface area contributed by atoms with Crippen molar-refractivity contribution < 1.29 is 14.7 Å². The van der Waals surface area contributed by atoms with Crippen molar-refractivity contribution in [2.75, 3.05) is 6.54 Å². The molecule has 1 N–H and O–H groups in total. The van der Waals surface area contributed by atoms with Crippen molar-refractivity contribution in [3.05, 3.63) is 41.5 Å². The first-order valence-corrected chi connectivity index (χ1v) is 8.49. The van der Waals surface area contributed by atoms with Crippen LogP contribution in [0.3, 0.4) is 0 Å². The SMILES string of the molecule is CC(C)(C)n1ccc(C(=O)N2CCn3nc(CCC(=O)O)cc3C2)c1. The molecule has 0 aliphatic carbocycles. The minimum atomic E-state index is -0.828. The molecule has 0 radical (unpaired) electrons. The first-order valence-electron chi connectivity index (χ1n) is 8.49. The van der Waals surface area contributed by atoms with E-state index in [1.807, 2.05) is 38.7 Å². The van der Waals surface area contributed by atoms with Crippen LogP contribution in [0.2, 0.25) is 0 Å². The third-order valence-corrected chi connectivity index (χ3v) is 4.45. The highest BCUT2D eigenvalue weighted by molar-refractivity contribution is 5.94. The number of carboxylic acids is 1. The lowest BCUT2D eigenvalue weighted by Gasteiger charge is -2.27. The maximum atomic E-state index is 12.8. The lowest BCUT2D eigenvalue weighted by Crippen LogP contribution is -2.38. The topological polar surface area (TPSA) is 80.4 Å². The molecule has 3 heterocycles. The molecule has 1 aliphatic heterocycles. The maximum absolute atomic E-state index is 12.8. The number of aromatic nitrogens is 3. The Morgan fingerprint density at radius 3 is 2.68 bits per heavy atom. The Bertz CT molecular complexity index is 798. The van der Waals surface area contributed by atoms with Gasteiger partial charge in [-0.1, -0.05) is 0 Å². The predicted octanol–water partition coefficient (Wildman–Crippen LogP) is 2.11. The van der Waals surface area contributed by atoms with E-state index in [-0.39, 0.29) is 17.9 Å². The Balaban J connectivity index is 1.70. The van der Waals surface area contributed by atoms with Crippen LogP contribution in [-0.4, -0.2) is 42.8 Å². The van der Waals surface area contributed by atoms with E-state index in [9.17, 15) is 9.59 Å². The van der Waals surface area contributed by atoms with Gasteiger partial charge >= 0.3 is 5.97 Å². The summed E-state index contributed by atoms with van der Waals surface area (Å²) in [5.74, 6) is -0.811. The Morgan fingerprint density at radius 2 is 2.04 bits per heavy atom. The van der Waals surface area contributed by atoms with Gasteiger partial charge in [-0.05, 0) is 32.9 Å². The minimum Gasteiger partial charge on any atom is -0.481 e. The third kappa shape index (κ3) is 3.75. The van der Waals surface area contributed by atoms with Gasteiger partial charge in [0, 0.05) is 30.9 Å². The quantitative estimate of drug-likeness (QED) is 0.921. The van der Waals surface area contributed by atoms with E-state index in [1.165, 1.54) is 0 Å². The second-order valence-corrected chi connectivity index (χ2v) is 7.45. The summed E-state index contributed by atoms with van der Waals surface area (Å²) in [6.07, 6.45) is 4.31. The molecular formula is C18H24N4O3. The van der Waals surface area contributed by atoms with Gasteiger partial charge < -0.3 is 14.6 Å². The molecule has 0 fully saturated rings. The molecule has 1 amide bonds. The van der Waals surface area contributed by atoms with E-state index in [1.54, 1.807) is 0 Å². The van der Waals surface area contributed by atoms with E-state index in [0.717, 1.165) is 11.4 Å². The average Bonchev–Trinajstić information content (AvgIpc) is 3.17. The number of aryl methyl sites for hydroxylation is 1. The lowest BCUT2D eigenvalue weighted by molar-refractivity contribution is -0.136. The molecule has 7 nitrogen and oxygen atoms in total. The van der Waals surface area contributed by atoms with Crippen LogP contribution in [0.1, 0.15) is 48.9 Å². The van der Waals surface area contributed by atoms with Crippen LogP contribution < -0.4 is 0 Å². The van der Waals surface area contributed by atoms with Crippen molar-refractivity contribution in [3.63, 3.8) is 0 Å². The average molecular weight is 344 g/mol. The van der Waals surface area contributed by atoms with Crippen molar-refractivity contribution in [3.8, 4) is 0 Å². The molecule has 0 saturated heterocycles. The molecule has 25 heavy (non-hydrogen) atoms. The van der Waals surface area contributed by atoms with Gasteiger partial charge in [-0.3, -0.25) is 14.3 Å². The van der Waals surface area contributed by atoms with E-state index < -0.39 is 5.97 Å². The molecule has 3 rings (SSSR count). The Morgan fingerprint density at radius 1 is 1.28 bits per heavy atom. The first kappa shape index (κ1) is 17.3. The zero-order chi connectivity index (χ0) is 18.2. The number of rotatable bonds is 4. The van der Waals surface area contributed by atoms with Crippen molar-refractivity contribution in [2.45, 2.75) is 52.2 Å². The van der Waals surface area contributed by atoms with Crippen molar-refractivity contribution in [2.24, 2.45) is 0 Å². The van der Waals surface area contributed by atoms with Gasteiger partial charge in [0.05, 0.1) is 36.5 Å². The fraction of sp³-hybridized carbons (Fsp3) is 0.500. The van der Waals surface area contributed by atoms with Gasteiger partial charge in [0.25, 0.3) is 5.91 Å². The van der Waals surface area contributed by atoms with E-state index in [0.29, 0.717) is 31.6 Å². The number of fused-ring (bicyclic) bond motifs is 1.